The fourth-order valence-electron chi connectivity index (χ4n) is 6.75. The van der Waals surface area contributed by atoms with E-state index in [1.807, 2.05) is 6.92 Å². The quantitative estimate of drug-likeness (QED) is 0.787. The Morgan fingerprint density at radius 1 is 1.20 bits per heavy atom. The van der Waals surface area contributed by atoms with Gasteiger partial charge in [0.25, 0.3) is 0 Å². The SMILES string of the molecule is Cc1nc2c(c(N[C@H](C)C34C[C@@H]5C[C@@H](CC(O)(C5)C3)C4)n1)CCNC2. The lowest BCUT2D eigenvalue weighted by Crippen LogP contribution is -2.60. The van der Waals surface area contributed by atoms with Crippen molar-refractivity contribution in [3.63, 3.8) is 0 Å². The van der Waals surface area contributed by atoms with Gasteiger partial charge in [-0.15, -0.1) is 0 Å². The highest BCUT2D eigenvalue weighted by molar-refractivity contribution is 5.49. The molecule has 5 nitrogen and oxygen atoms in total. The van der Waals surface area contributed by atoms with Crippen LogP contribution in [0.2, 0.25) is 0 Å². The van der Waals surface area contributed by atoms with Gasteiger partial charge in [-0.05, 0) is 82.6 Å². The van der Waals surface area contributed by atoms with Crippen molar-refractivity contribution in [3.05, 3.63) is 17.1 Å². The molecule has 1 aromatic rings. The van der Waals surface area contributed by atoms with E-state index in [1.165, 1.54) is 24.8 Å². The van der Waals surface area contributed by atoms with Crippen LogP contribution >= 0.6 is 0 Å². The van der Waals surface area contributed by atoms with Gasteiger partial charge in [-0.2, -0.15) is 0 Å². The Balaban J connectivity index is 1.44. The predicted octanol–water partition coefficient (Wildman–Crippen LogP) is 2.56. The molecule has 5 atom stereocenters. The van der Waals surface area contributed by atoms with E-state index >= 15 is 0 Å². The fraction of sp³-hybridized carbons (Fsp3) is 0.800. The molecule has 0 amide bonds. The van der Waals surface area contributed by atoms with Crippen LogP contribution < -0.4 is 10.6 Å². The molecule has 1 aliphatic heterocycles. The summed E-state index contributed by atoms with van der Waals surface area (Å²) in [6, 6.07) is 0.346. The Hall–Kier alpha value is -1.20. The summed E-state index contributed by atoms with van der Waals surface area (Å²) in [7, 11) is 0. The van der Waals surface area contributed by atoms with Gasteiger partial charge in [0.1, 0.15) is 11.6 Å². The first kappa shape index (κ1) is 16.0. The minimum atomic E-state index is -0.398. The van der Waals surface area contributed by atoms with Crippen molar-refractivity contribution in [2.24, 2.45) is 17.3 Å². The van der Waals surface area contributed by atoms with E-state index in [0.717, 1.165) is 67.9 Å². The molecular weight excluding hydrogens is 312 g/mol. The summed E-state index contributed by atoms with van der Waals surface area (Å²) in [6.07, 6.45) is 7.91. The van der Waals surface area contributed by atoms with Crippen molar-refractivity contribution in [1.29, 1.82) is 0 Å². The van der Waals surface area contributed by atoms with Gasteiger partial charge in [0.2, 0.25) is 0 Å². The second kappa shape index (κ2) is 5.40. The number of fused-ring (bicyclic) bond motifs is 1. The first-order chi connectivity index (χ1) is 11.9. The van der Waals surface area contributed by atoms with Gasteiger partial charge in [0, 0.05) is 18.2 Å². The summed E-state index contributed by atoms with van der Waals surface area (Å²) in [5.74, 6) is 3.34. The van der Waals surface area contributed by atoms with Gasteiger partial charge in [-0.25, -0.2) is 9.97 Å². The molecule has 4 aliphatic carbocycles. The molecule has 0 aromatic carbocycles. The van der Waals surface area contributed by atoms with Crippen LogP contribution in [0.4, 0.5) is 5.82 Å². The summed E-state index contributed by atoms with van der Waals surface area (Å²) in [6.45, 7) is 6.15. The maximum atomic E-state index is 11.1. The predicted molar refractivity (Wildman–Crippen MR) is 97.3 cm³/mol. The smallest absolute Gasteiger partial charge is 0.133 e. The first-order valence-corrected chi connectivity index (χ1v) is 10.0. The number of aryl methyl sites for hydroxylation is 1. The molecule has 5 aliphatic rings. The number of anilines is 1. The summed E-state index contributed by atoms with van der Waals surface area (Å²) in [5, 5.41) is 18.3. The number of aromatic nitrogens is 2. The minimum Gasteiger partial charge on any atom is -0.390 e. The molecule has 4 fully saturated rings. The fourth-order valence-corrected chi connectivity index (χ4v) is 6.75. The summed E-state index contributed by atoms with van der Waals surface area (Å²) in [4.78, 5) is 9.39. The van der Waals surface area contributed by atoms with E-state index in [-0.39, 0.29) is 5.41 Å². The molecule has 0 radical (unpaired) electrons. The van der Waals surface area contributed by atoms with Gasteiger partial charge >= 0.3 is 0 Å². The summed E-state index contributed by atoms with van der Waals surface area (Å²) >= 11 is 0. The van der Waals surface area contributed by atoms with Crippen LogP contribution in [-0.4, -0.2) is 33.3 Å². The lowest BCUT2D eigenvalue weighted by Gasteiger charge is -2.62. The van der Waals surface area contributed by atoms with Gasteiger partial charge < -0.3 is 15.7 Å². The average molecular weight is 342 g/mol. The van der Waals surface area contributed by atoms with Crippen LogP contribution in [0, 0.1) is 24.2 Å². The largest absolute Gasteiger partial charge is 0.390 e. The summed E-state index contributed by atoms with van der Waals surface area (Å²) < 4.78 is 0. The maximum absolute atomic E-state index is 11.1. The van der Waals surface area contributed by atoms with E-state index in [9.17, 15) is 5.11 Å². The molecular formula is C20H30N4O. The molecule has 136 valence electrons. The molecule has 0 saturated heterocycles. The van der Waals surface area contributed by atoms with E-state index in [4.69, 9.17) is 4.98 Å². The maximum Gasteiger partial charge on any atom is 0.133 e. The molecule has 2 unspecified atom stereocenters. The second-order valence-electron chi connectivity index (χ2n) is 9.39. The van der Waals surface area contributed by atoms with Crippen molar-refractivity contribution in [3.8, 4) is 0 Å². The van der Waals surface area contributed by atoms with Crippen LogP contribution in [-0.2, 0) is 13.0 Å². The van der Waals surface area contributed by atoms with E-state index < -0.39 is 5.60 Å². The molecule has 2 heterocycles. The Morgan fingerprint density at radius 2 is 1.96 bits per heavy atom. The highest BCUT2D eigenvalue weighted by atomic mass is 16.3. The standard InChI is InChI=1S/C20H30N4O/c1-12(19-6-14-5-15(7-19)9-20(25,8-14)11-19)22-18-16-3-4-21-10-17(16)23-13(2)24-18/h12,14-15,21,25H,3-11H2,1-2H3,(H,22,23,24)/t12-,14-,15+,19?,20?/m1/s1. The van der Waals surface area contributed by atoms with Gasteiger partial charge in [-0.3, -0.25) is 0 Å². The molecule has 3 N–H and O–H groups in total. The van der Waals surface area contributed by atoms with Crippen molar-refractivity contribution in [2.45, 2.75) is 77.0 Å². The number of rotatable bonds is 3. The van der Waals surface area contributed by atoms with Crippen LogP contribution in [0.3, 0.4) is 0 Å². The Morgan fingerprint density at radius 3 is 2.68 bits per heavy atom. The van der Waals surface area contributed by atoms with Crippen LogP contribution in [0.15, 0.2) is 0 Å². The van der Waals surface area contributed by atoms with E-state index in [1.54, 1.807) is 0 Å². The van der Waals surface area contributed by atoms with Crippen LogP contribution in [0.25, 0.3) is 0 Å². The van der Waals surface area contributed by atoms with Gasteiger partial charge in [0.05, 0.1) is 11.3 Å². The topological polar surface area (TPSA) is 70.1 Å². The molecule has 4 saturated carbocycles. The number of nitrogens with zero attached hydrogens (tertiary/aromatic N) is 2. The molecule has 0 spiro atoms. The third kappa shape index (κ3) is 2.58. The highest BCUT2D eigenvalue weighted by Crippen LogP contribution is 2.63. The zero-order valence-electron chi connectivity index (χ0n) is 15.4. The normalized spacial score (nSPS) is 40.0. The van der Waals surface area contributed by atoms with E-state index in [0.29, 0.717) is 6.04 Å². The number of aliphatic hydroxyl groups is 1. The Labute approximate surface area is 150 Å². The zero-order chi connectivity index (χ0) is 17.2. The van der Waals surface area contributed by atoms with Crippen molar-refractivity contribution in [1.82, 2.24) is 15.3 Å². The van der Waals surface area contributed by atoms with Gasteiger partial charge in [-0.1, -0.05) is 0 Å². The Kier molecular flexibility index (Phi) is 3.46. The lowest BCUT2D eigenvalue weighted by atomic mass is 9.46. The highest BCUT2D eigenvalue weighted by Gasteiger charge is 2.58. The number of nitrogens with one attached hydrogen (secondary N) is 2. The van der Waals surface area contributed by atoms with Crippen molar-refractivity contribution >= 4 is 5.82 Å². The van der Waals surface area contributed by atoms with E-state index in [2.05, 4.69) is 22.5 Å². The minimum absolute atomic E-state index is 0.234. The Bertz CT molecular complexity index is 689. The molecule has 4 bridgehead atoms. The third-order valence-corrected chi connectivity index (χ3v) is 7.40. The van der Waals surface area contributed by atoms with Crippen molar-refractivity contribution in [2.75, 3.05) is 11.9 Å². The summed E-state index contributed by atoms with van der Waals surface area (Å²) in [5.41, 5.74) is 2.28. The third-order valence-electron chi connectivity index (χ3n) is 7.40. The molecule has 6 rings (SSSR count). The zero-order valence-corrected chi connectivity index (χ0v) is 15.4. The first-order valence-electron chi connectivity index (χ1n) is 10.0. The molecule has 25 heavy (non-hydrogen) atoms. The second-order valence-corrected chi connectivity index (χ2v) is 9.39. The lowest BCUT2D eigenvalue weighted by molar-refractivity contribution is -0.167. The molecule has 5 heteroatoms. The monoisotopic (exact) mass is 342 g/mol. The van der Waals surface area contributed by atoms with Crippen LogP contribution in [0.5, 0.6) is 0 Å². The van der Waals surface area contributed by atoms with Gasteiger partial charge in [0.15, 0.2) is 0 Å². The average Bonchev–Trinajstić information content (AvgIpc) is 2.52. The number of hydrogen-bond donors (Lipinski definition) is 3. The number of hydrogen-bond acceptors (Lipinski definition) is 5. The molecule has 1 aromatic heterocycles. The van der Waals surface area contributed by atoms with Crippen molar-refractivity contribution < 1.29 is 5.11 Å². The van der Waals surface area contributed by atoms with Crippen LogP contribution in [0.1, 0.15) is 62.5 Å².